The Morgan fingerprint density at radius 3 is 2.37 bits per heavy atom. The van der Waals surface area contributed by atoms with Crippen molar-refractivity contribution in [2.45, 2.75) is 38.4 Å². The Balaban J connectivity index is 1.66. The average molecular weight is 387 g/mol. The zero-order valence-electron chi connectivity index (χ0n) is 15.1. The molecule has 0 bridgehead atoms. The molecule has 1 saturated heterocycles. The van der Waals surface area contributed by atoms with E-state index in [2.05, 4.69) is 10.6 Å². The van der Waals surface area contributed by atoms with Gasteiger partial charge >= 0.3 is 12.3 Å². The van der Waals surface area contributed by atoms with Gasteiger partial charge < -0.3 is 20.3 Å². The fraction of sp³-hybridized carbons (Fsp3) is 0.556. The predicted molar refractivity (Wildman–Crippen MR) is 94.3 cm³/mol. The van der Waals surface area contributed by atoms with E-state index in [1.807, 2.05) is 0 Å². The van der Waals surface area contributed by atoms with Crippen LogP contribution in [-0.2, 0) is 15.7 Å². The van der Waals surface area contributed by atoms with E-state index in [0.29, 0.717) is 44.8 Å². The Morgan fingerprint density at radius 2 is 1.81 bits per heavy atom. The SMILES string of the molecule is CCOC(=O)N1CCC(NC(=O)CCNc2ccc(C(F)(F)F)cc2)CC1. The molecule has 150 valence electrons. The molecule has 0 saturated carbocycles. The fourth-order valence-electron chi connectivity index (χ4n) is 2.82. The number of ether oxygens (including phenoxy) is 1. The molecule has 0 atom stereocenters. The molecule has 2 N–H and O–H groups in total. The minimum absolute atomic E-state index is 0.00856. The Bertz CT molecular complexity index is 627. The summed E-state index contributed by atoms with van der Waals surface area (Å²) in [4.78, 5) is 25.2. The first-order valence-electron chi connectivity index (χ1n) is 8.91. The van der Waals surface area contributed by atoms with E-state index >= 15 is 0 Å². The maximum atomic E-state index is 12.5. The highest BCUT2D eigenvalue weighted by Gasteiger charge is 2.30. The lowest BCUT2D eigenvalue weighted by Crippen LogP contribution is -2.46. The van der Waals surface area contributed by atoms with Crippen LogP contribution in [0.5, 0.6) is 0 Å². The Labute approximate surface area is 156 Å². The van der Waals surface area contributed by atoms with E-state index in [-0.39, 0.29) is 24.5 Å². The second-order valence-electron chi connectivity index (χ2n) is 6.28. The van der Waals surface area contributed by atoms with Crippen LogP contribution in [0.3, 0.4) is 0 Å². The van der Waals surface area contributed by atoms with E-state index < -0.39 is 11.7 Å². The number of rotatable bonds is 6. The minimum Gasteiger partial charge on any atom is -0.450 e. The molecule has 1 heterocycles. The zero-order valence-corrected chi connectivity index (χ0v) is 15.1. The molecule has 0 unspecified atom stereocenters. The third-order valence-corrected chi connectivity index (χ3v) is 4.28. The number of carbonyl (C=O) groups excluding carboxylic acids is 2. The van der Waals surface area contributed by atoms with Crippen LogP contribution in [-0.4, -0.2) is 49.2 Å². The van der Waals surface area contributed by atoms with E-state index in [1.165, 1.54) is 12.1 Å². The molecular formula is C18H24F3N3O3. The summed E-state index contributed by atoms with van der Waals surface area (Å²) in [5.74, 6) is -0.135. The standard InChI is InChI=1S/C18H24F3N3O3/c1-2-27-17(26)24-11-8-15(9-12-24)23-16(25)7-10-22-14-5-3-13(4-6-14)18(19,20)21/h3-6,15,22H,2,7-12H2,1H3,(H,23,25). The van der Waals surface area contributed by atoms with Crippen molar-refractivity contribution in [3.05, 3.63) is 29.8 Å². The van der Waals surface area contributed by atoms with Gasteiger partial charge in [-0.3, -0.25) is 4.79 Å². The summed E-state index contributed by atoms with van der Waals surface area (Å²) in [5.41, 5.74) is -0.182. The molecule has 27 heavy (non-hydrogen) atoms. The highest BCUT2D eigenvalue weighted by atomic mass is 19.4. The van der Waals surface area contributed by atoms with Crippen molar-refractivity contribution < 1.29 is 27.5 Å². The third kappa shape index (κ3) is 6.65. The smallest absolute Gasteiger partial charge is 0.416 e. The molecule has 0 radical (unpaired) electrons. The summed E-state index contributed by atoms with van der Waals surface area (Å²) in [7, 11) is 0. The monoisotopic (exact) mass is 387 g/mol. The first kappa shape index (κ1) is 20.9. The molecule has 1 aromatic carbocycles. The van der Waals surface area contributed by atoms with Crippen molar-refractivity contribution in [2.75, 3.05) is 31.6 Å². The molecule has 6 nitrogen and oxygen atoms in total. The summed E-state index contributed by atoms with van der Waals surface area (Å²) >= 11 is 0. The van der Waals surface area contributed by atoms with Crippen LogP contribution in [0.2, 0.25) is 0 Å². The third-order valence-electron chi connectivity index (χ3n) is 4.28. The maximum Gasteiger partial charge on any atom is 0.416 e. The number of nitrogens with zero attached hydrogens (tertiary/aromatic N) is 1. The molecule has 2 rings (SSSR count). The molecule has 1 fully saturated rings. The number of piperidine rings is 1. The number of halogens is 3. The van der Waals surface area contributed by atoms with Crippen LogP contribution in [0.4, 0.5) is 23.7 Å². The van der Waals surface area contributed by atoms with Crippen molar-refractivity contribution >= 4 is 17.7 Å². The Hall–Kier alpha value is -2.45. The number of likely N-dealkylation sites (tertiary alicyclic amines) is 1. The normalized spacial score (nSPS) is 15.3. The molecule has 2 amide bonds. The second-order valence-corrected chi connectivity index (χ2v) is 6.28. The van der Waals surface area contributed by atoms with Gasteiger partial charge in [0.05, 0.1) is 12.2 Å². The fourth-order valence-corrected chi connectivity index (χ4v) is 2.82. The summed E-state index contributed by atoms with van der Waals surface area (Å²) in [6.07, 6.45) is -3.16. The highest BCUT2D eigenvalue weighted by molar-refractivity contribution is 5.77. The molecule has 1 aromatic rings. The second kappa shape index (κ2) is 9.48. The van der Waals surface area contributed by atoms with Gasteiger partial charge in [0.15, 0.2) is 0 Å². The Morgan fingerprint density at radius 1 is 1.19 bits per heavy atom. The first-order valence-corrected chi connectivity index (χ1v) is 8.91. The lowest BCUT2D eigenvalue weighted by molar-refractivity contribution is -0.137. The summed E-state index contributed by atoms with van der Waals surface area (Å²) in [6.45, 7) is 3.48. The molecule has 9 heteroatoms. The van der Waals surface area contributed by atoms with Crippen molar-refractivity contribution in [3.63, 3.8) is 0 Å². The van der Waals surface area contributed by atoms with Gasteiger partial charge in [-0.05, 0) is 44.0 Å². The van der Waals surface area contributed by atoms with Crippen LogP contribution in [0.25, 0.3) is 0 Å². The maximum absolute atomic E-state index is 12.5. The van der Waals surface area contributed by atoms with Gasteiger partial charge in [0.25, 0.3) is 0 Å². The number of amides is 2. The van der Waals surface area contributed by atoms with Gasteiger partial charge in [-0.15, -0.1) is 0 Å². The van der Waals surface area contributed by atoms with Crippen LogP contribution in [0.1, 0.15) is 31.7 Å². The van der Waals surface area contributed by atoms with Gasteiger partial charge in [0.2, 0.25) is 5.91 Å². The van der Waals surface area contributed by atoms with Crippen LogP contribution in [0, 0.1) is 0 Å². The number of hydrogen-bond acceptors (Lipinski definition) is 4. The van der Waals surface area contributed by atoms with Gasteiger partial charge in [-0.25, -0.2) is 4.79 Å². The van der Waals surface area contributed by atoms with Gasteiger partial charge in [0.1, 0.15) is 0 Å². The largest absolute Gasteiger partial charge is 0.450 e. The molecule has 0 spiro atoms. The Kier molecular flexibility index (Phi) is 7.32. The average Bonchev–Trinajstić information content (AvgIpc) is 2.62. The van der Waals surface area contributed by atoms with Gasteiger partial charge in [-0.2, -0.15) is 13.2 Å². The van der Waals surface area contributed by atoms with Crippen LogP contribution < -0.4 is 10.6 Å². The summed E-state index contributed by atoms with van der Waals surface area (Å²) in [5, 5.41) is 5.85. The van der Waals surface area contributed by atoms with Crippen LogP contribution >= 0.6 is 0 Å². The van der Waals surface area contributed by atoms with Gasteiger partial charge in [-0.1, -0.05) is 0 Å². The number of hydrogen-bond donors (Lipinski definition) is 2. The molecule has 0 aromatic heterocycles. The lowest BCUT2D eigenvalue weighted by Gasteiger charge is -2.31. The van der Waals surface area contributed by atoms with Crippen molar-refractivity contribution in [3.8, 4) is 0 Å². The number of carbonyl (C=O) groups is 2. The quantitative estimate of drug-likeness (QED) is 0.786. The lowest BCUT2D eigenvalue weighted by atomic mass is 10.1. The number of anilines is 1. The highest BCUT2D eigenvalue weighted by Crippen LogP contribution is 2.29. The first-order chi connectivity index (χ1) is 12.8. The van der Waals surface area contributed by atoms with Crippen molar-refractivity contribution in [1.29, 1.82) is 0 Å². The number of benzene rings is 1. The number of nitrogens with one attached hydrogen (secondary N) is 2. The predicted octanol–water partition coefficient (Wildman–Crippen LogP) is 3.24. The molecule has 1 aliphatic rings. The molecular weight excluding hydrogens is 363 g/mol. The summed E-state index contributed by atoms with van der Waals surface area (Å²) in [6, 6.07) is 4.69. The van der Waals surface area contributed by atoms with Crippen LogP contribution in [0.15, 0.2) is 24.3 Å². The van der Waals surface area contributed by atoms with Crippen molar-refractivity contribution in [2.24, 2.45) is 0 Å². The van der Waals surface area contributed by atoms with Gasteiger partial charge in [0, 0.05) is 37.8 Å². The summed E-state index contributed by atoms with van der Waals surface area (Å²) < 4.78 is 42.5. The number of alkyl halides is 3. The molecule has 1 aliphatic heterocycles. The zero-order chi connectivity index (χ0) is 19.9. The van der Waals surface area contributed by atoms with E-state index in [4.69, 9.17) is 4.74 Å². The molecule has 0 aliphatic carbocycles. The van der Waals surface area contributed by atoms with E-state index in [0.717, 1.165) is 12.1 Å². The topological polar surface area (TPSA) is 70.7 Å². The minimum atomic E-state index is -4.36. The van der Waals surface area contributed by atoms with E-state index in [1.54, 1.807) is 11.8 Å². The van der Waals surface area contributed by atoms with E-state index in [9.17, 15) is 22.8 Å². The van der Waals surface area contributed by atoms with Crippen molar-refractivity contribution in [1.82, 2.24) is 10.2 Å².